The highest BCUT2D eigenvalue weighted by atomic mass is 35.5. The van der Waals surface area contributed by atoms with E-state index < -0.39 is 0 Å². The van der Waals surface area contributed by atoms with Gasteiger partial charge in [0.05, 0.1) is 12.7 Å². The molecule has 116 valence electrons. The fraction of sp³-hybridized carbons (Fsp3) is 0.250. The lowest BCUT2D eigenvalue weighted by atomic mass is 10.3. The van der Waals surface area contributed by atoms with E-state index in [0.717, 1.165) is 5.56 Å². The van der Waals surface area contributed by atoms with E-state index in [9.17, 15) is 4.79 Å². The van der Waals surface area contributed by atoms with Gasteiger partial charge in [0.2, 0.25) is 5.91 Å². The Hall–Kier alpha value is -2.27. The molecule has 2 rings (SSSR count). The molecule has 1 amide bonds. The summed E-state index contributed by atoms with van der Waals surface area (Å²) in [6.45, 7) is 0.895. The van der Waals surface area contributed by atoms with Gasteiger partial charge in [-0.3, -0.25) is 9.48 Å². The maximum atomic E-state index is 12.0. The lowest BCUT2D eigenvalue weighted by Crippen LogP contribution is -2.29. The van der Waals surface area contributed by atoms with Gasteiger partial charge in [-0.25, -0.2) is 0 Å². The standard InChI is InChI=1S/C16H18ClN3O2/c1-19(8-9-22-15-5-3-4-14(17)10-15)16(21)7-6-13-11-18-20(2)12-13/h3-7,10-12H,8-9H2,1-2H3. The van der Waals surface area contributed by atoms with Crippen LogP contribution in [-0.4, -0.2) is 40.8 Å². The number of halogens is 1. The van der Waals surface area contributed by atoms with E-state index in [4.69, 9.17) is 16.3 Å². The SMILES string of the molecule is CN(CCOc1cccc(Cl)c1)C(=O)C=Cc1cnn(C)c1. The first-order chi connectivity index (χ1) is 10.5. The molecule has 6 heteroatoms. The van der Waals surface area contributed by atoms with E-state index in [2.05, 4.69) is 5.10 Å². The lowest BCUT2D eigenvalue weighted by Gasteiger charge is -2.15. The number of hydrogen-bond acceptors (Lipinski definition) is 3. The number of aryl methyl sites for hydroxylation is 1. The fourth-order valence-corrected chi connectivity index (χ4v) is 1.97. The Kier molecular flexibility index (Phi) is 5.61. The average Bonchev–Trinajstić information content (AvgIpc) is 2.90. The summed E-state index contributed by atoms with van der Waals surface area (Å²) in [5.41, 5.74) is 0.888. The minimum absolute atomic E-state index is 0.0847. The molecule has 0 spiro atoms. The molecule has 22 heavy (non-hydrogen) atoms. The minimum atomic E-state index is -0.0847. The first-order valence-electron chi connectivity index (χ1n) is 6.85. The van der Waals surface area contributed by atoms with Gasteiger partial charge in [-0.2, -0.15) is 5.10 Å². The van der Waals surface area contributed by atoms with Gasteiger partial charge < -0.3 is 9.64 Å². The molecule has 0 radical (unpaired) electrons. The maximum Gasteiger partial charge on any atom is 0.246 e. The molecule has 0 unspecified atom stereocenters. The Morgan fingerprint density at radius 1 is 1.50 bits per heavy atom. The van der Waals surface area contributed by atoms with Crippen molar-refractivity contribution in [2.75, 3.05) is 20.2 Å². The van der Waals surface area contributed by atoms with Gasteiger partial charge in [0.1, 0.15) is 12.4 Å². The highest BCUT2D eigenvalue weighted by Crippen LogP contribution is 2.16. The van der Waals surface area contributed by atoms with E-state index in [-0.39, 0.29) is 5.91 Å². The molecule has 0 N–H and O–H groups in total. The van der Waals surface area contributed by atoms with Gasteiger partial charge in [-0.1, -0.05) is 17.7 Å². The van der Waals surface area contributed by atoms with Crippen LogP contribution in [-0.2, 0) is 11.8 Å². The third-order valence-electron chi connectivity index (χ3n) is 3.01. The molecule has 0 saturated heterocycles. The Morgan fingerprint density at radius 3 is 3.00 bits per heavy atom. The smallest absolute Gasteiger partial charge is 0.246 e. The number of hydrogen-bond donors (Lipinski definition) is 0. The molecule has 0 fully saturated rings. The second-order valence-corrected chi connectivity index (χ2v) is 5.28. The lowest BCUT2D eigenvalue weighted by molar-refractivity contribution is -0.125. The first-order valence-corrected chi connectivity index (χ1v) is 7.22. The van der Waals surface area contributed by atoms with E-state index in [0.29, 0.717) is 23.9 Å². The van der Waals surface area contributed by atoms with Crippen LogP contribution in [0, 0.1) is 0 Å². The Labute approximate surface area is 134 Å². The molecular weight excluding hydrogens is 302 g/mol. The van der Waals surface area contributed by atoms with Crippen LogP contribution in [0.5, 0.6) is 5.75 Å². The monoisotopic (exact) mass is 319 g/mol. The van der Waals surface area contributed by atoms with Crippen LogP contribution in [0.4, 0.5) is 0 Å². The van der Waals surface area contributed by atoms with Crippen LogP contribution in [0.3, 0.4) is 0 Å². The number of amides is 1. The number of aromatic nitrogens is 2. The van der Waals surface area contributed by atoms with Crippen molar-refractivity contribution >= 4 is 23.6 Å². The summed E-state index contributed by atoms with van der Waals surface area (Å²) in [4.78, 5) is 13.5. The van der Waals surface area contributed by atoms with E-state index in [1.54, 1.807) is 41.0 Å². The summed E-state index contributed by atoms with van der Waals surface area (Å²) in [6.07, 6.45) is 6.80. The Balaban J connectivity index is 1.78. The van der Waals surface area contributed by atoms with Crippen molar-refractivity contribution in [1.29, 1.82) is 0 Å². The molecule has 1 heterocycles. The molecule has 0 aliphatic rings. The fourth-order valence-electron chi connectivity index (χ4n) is 1.79. The molecule has 0 aliphatic heterocycles. The molecule has 1 aromatic carbocycles. The maximum absolute atomic E-state index is 12.0. The van der Waals surface area contributed by atoms with Gasteiger partial charge in [-0.05, 0) is 24.3 Å². The summed E-state index contributed by atoms with van der Waals surface area (Å²) in [7, 11) is 3.57. The summed E-state index contributed by atoms with van der Waals surface area (Å²) in [6, 6.07) is 7.18. The van der Waals surface area contributed by atoms with Crippen molar-refractivity contribution in [3.8, 4) is 5.75 Å². The molecule has 0 aliphatic carbocycles. The summed E-state index contributed by atoms with van der Waals surface area (Å²) < 4.78 is 7.25. The van der Waals surface area contributed by atoms with Gasteiger partial charge in [0.25, 0.3) is 0 Å². The Morgan fingerprint density at radius 2 is 2.32 bits per heavy atom. The highest BCUT2D eigenvalue weighted by Gasteiger charge is 2.05. The van der Waals surface area contributed by atoms with Crippen LogP contribution in [0.25, 0.3) is 6.08 Å². The van der Waals surface area contributed by atoms with Gasteiger partial charge in [-0.15, -0.1) is 0 Å². The van der Waals surface area contributed by atoms with Crippen molar-refractivity contribution in [3.63, 3.8) is 0 Å². The second kappa shape index (κ2) is 7.66. The highest BCUT2D eigenvalue weighted by molar-refractivity contribution is 6.30. The number of likely N-dealkylation sites (N-methyl/N-ethyl adjacent to an activating group) is 1. The van der Waals surface area contributed by atoms with Gasteiger partial charge in [0.15, 0.2) is 0 Å². The molecular formula is C16H18ClN3O2. The number of carbonyl (C=O) groups excluding carboxylic acids is 1. The van der Waals surface area contributed by atoms with Crippen molar-refractivity contribution in [2.45, 2.75) is 0 Å². The van der Waals surface area contributed by atoms with E-state index in [1.165, 1.54) is 6.08 Å². The predicted molar refractivity (Wildman–Crippen MR) is 86.8 cm³/mol. The third-order valence-corrected chi connectivity index (χ3v) is 3.25. The van der Waals surface area contributed by atoms with Crippen LogP contribution >= 0.6 is 11.6 Å². The normalized spacial score (nSPS) is 10.9. The van der Waals surface area contributed by atoms with Gasteiger partial charge in [0, 0.05) is 37.0 Å². The largest absolute Gasteiger partial charge is 0.492 e. The molecule has 5 nitrogen and oxygen atoms in total. The van der Waals surface area contributed by atoms with Crippen molar-refractivity contribution in [1.82, 2.24) is 14.7 Å². The van der Waals surface area contributed by atoms with Crippen LogP contribution in [0.1, 0.15) is 5.56 Å². The molecule has 2 aromatic rings. The zero-order valence-electron chi connectivity index (χ0n) is 12.6. The minimum Gasteiger partial charge on any atom is -0.492 e. The zero-order valence-corrected chi connectivity index (χ0v) is 13.3. The van der Waals surface area contributed by atoms with E-state index >= 15 is 0 Å². The van der Waals surface area contributed by atoms with Crippen LogP contribution < -0.4 is 4.74 Å². The quantitative estimate of drug-likeness (QED) is 0.769. The second-order valence-electron chi connectivity index (χ2n) is 4.85. The average molecular weight is 320 g/mol. The van der Waals surface area contributed by atoms with Crippen molar-refractivity contribution < 1.29 is 9.53 Å². The molecule has 0 bridgehead atoms. The summed E-state index contributed by atoms with van der Waals surface area (Å²) in [5, 5.41) is 4.67. The zero-order chi connectivity index (χ0) is 15.9. The number of benzene rings is 1. The molecule has 0 atom stereocenters. The number of rotatable bonds is 6. The molecule has 1 aromatic heterocycles. The topological polar surface area (TPSA) is 47.4 Å². The number of nitrogens with zero attached hydrogens (tertiary/aromatic N) is 3. The summed E-state index contributed by atoms with van der Waals surface area (Å²) >= 11 is 5.88. The third kappa shape index (κ3) is 4.93. The molecule has 0 saturated carbocycles. The first kappa shape index (κ1) is 16.1. The predicted octanol–water partition coefficient (Wildman–Crippen LogP) is 2.62. The van der Waals surface area contributed by atoms with Gasteiger partial charge >= 0.3 is 0 Å². The number of carbonyl (C=O) groups is 1. The van der Waals surface area contributed by atoms with Crippen LogP contribution in [0.2, 0.25) is 5.02 Å². The number of ether oxygens (including phenoxy) is 1. The van der Waals surface area contributed by atoms with Crippen LogP contribution in [0.15, 0.2) is 42.7 Å². The Bertz CT molecular complexity index is 667. The van der Waals surface area contributed by atoms with Crippen molar-refractivity contribution in [3.05, 3.63) is 53.3 Å². The van der Waals surface area contributed by atoms with Crippen molar-refractivity contribution in [2.24, 2.45) is 7.05 Å². The summed E-state index contributed by atoms with van der Waals surface area (Å²) in [5.74, 6) is 0.609. The van der Waals surface area contributed by atoms with E-state index in [1.807, 2.05) is 25.4 Å².